The lowest BCUT2D eigenvalue weighted by Crippen LogP contribution is -2.27. The topological polar surface area (TPSA) is 3.24 Å². The van der Waals surface area contributed by atoms with Gasteiger partial charge in [-0.3, -0.25) is 7.05 Å². The summed E-state index contributed by atoms with van der Waals surface area (Å²) in [6.45, 7) is 0. The molecule has 0 aliphatic heterocycles. The quantitative estimate of drug-likeness (QED) is 0.486. The number of rotatable bonds is 1. The van der Waals surface area contributed by atoms with Crippen LogP contribution in [0.25, 0.3) is 0 Å². The SMILES string of the molecule is [CH2-]N(C)C1CCCCC1. The molecule has 0 atom stereocenters. The molecule has 1 fully saturated rings. The molecule has 0 saturated heterocycles. The third kappa shape index (κ3) is 1.98. The molecule has 0 N–H and O–H groups in total. The highest BCUT2D eigenvalue weighted by Crippen LogP contribution is 2.20. The van der Waals surface area contributed by atoms with Crippen LogP contribution < -0.4 is 0 Å². The van der Waals surface area contributed by atoms with Gasteiger partial charge >= 0.3 is 0 Å². The van der Waals surface area contributed by atoms with Crippen LogP contribution in [0.5, 0.6) is 0 Å². The van der Waals surface area contributed by atoms with Crippen LogP contribution in [0, 0.1) is 7.05 Å². The van der Waals surface area contributed by atoms with Gasteiger partial charge in [0.2, 0.25) is 0 Å². The smallest absolute Gasteiger partial charge is 0.0187 e. The Morgan fingerprint density at radius 3 is 2.11 bits per heavy atom. The number of hydrogen-bond donors (Lipinski definition) is 0. The first-order chi connectivity index (χ1) is 4.30. The van der Waals surface area contributed by atoms with Crippen molar-refractivity contribution in [3.05, 3.63) is 7.05 Å². The average Bonchev–Trinajstić information content (AvgIpc) is 1.90. The van der Waals surface area contributed by atoms with E-state index in [4.69, 9.17) is 0 Å². The van der Waals surface area contributed by atoms with Crippen LogP contribution in [0.15, 0.2) is 0 Å². The Hall–Kier alpha value is -0.0400. The normalized spacial score (nSPS) is 23.0. The Balaban J connectivity index is 2.23. The van der Waals surface area contributed by atoms with Gasteiger partial charge in [0.1, 0.15) is 0 Å². The van der Waals surface area contributed by atoms with Gasteiger partial charge < -0.3 is 4.90 Å². The summed E-state index contributed by atoms with van der Waals surface area (Å²) in [4.78, 5) is 2.11. The zero-order chi connectivity index (χ0) is 6.69. The second kappa shape index (κ2) is 3.21. The number of hydrogen-bond acceptors (Lipinski definition) is 1. The van der Waals surface area contributed by atoms with Crippen LogP contribution in [0.2, 0.25) is 0 Å². The average molecular weight is 126 g/mol. The lowest BCUT2D eigenvalue weighted by atomic mass is 9.95. The first kappa shape index (κ1) is 7.07. The van der Waals surface area contributed by atoms with Crippen LogP contribution in [0.1, 0.15) is 32.1 Å². The van der Waals surface area contributed by atoms with Crippen molar-refractivity contribution in [3.63, 3.8) is 0 Å². The van der Waals surface area contributed by atoms with Gasteiger partial charge in [-0.2, -0.15) is 0 Å². The van der Waals surface area contributed by atoms with Crippen molar-refractivity contribution in [3.8, 4) is 0 Å². The van der Waals surface area contributed by atoms with Crippen molar-refractivity contribution < 1.29 is 0 Å². The van der Waals surface area contributed by atoms with Gasteiger partial charge in [0, 0.05) is 0 Å². The van der Waals surface area contributed by atoms with Crippen LogP contribution in [-0.2, 0) is 0 Å². The van der Waals surface area contributed by atoms with E-state index in [1.807, 2.05) is 0 Å². The highest BCUT2D eigenvalue weighted by molar-refractivity contribution is 4.72. The second-order valence-electron chi connectivity index (χ2n) is 3.05. The molecule has 0 radical (unpaired) electrons. The molecular weight excluding hydrogens is 110 g/mol. The maximum Gasteiger partial charge on any atom is -0.0187 e. The molecule has 54 valence electrons. The summed E-state index contributed by atoms with van der Waals surface area (Å²) in [7, 11) is 5.97. The lowest BCUT2D eigenvalue weighted by Gasteiger charge is -2.33. The third-order valence-corrected chi connectivity index (χ3v) is 2.20. The Bertz CT molecular complexity index is 72.6. The maximum absolute atomic E-state index is 3.90. The summed E-state index contributed by atoms with van der Waals surface area (Å²) < 4.78 is 0. The van der Waals surface area contributed by atoms with Crippen molar-refractivity contribution in [2.45, 2.75) is 38.1 Å². The molecule has 0 aromatic rings. The molecule has 0 aromatic carbocycles. The van der Waals surface area contributed by atoms with Crippen LogP contribution in [0.3, 0.4) is 0 Å². The van der Waals surface area contributed by atoms with Crippen LogP contribution in [0.4, 0.5) is 0 Å². The summed E-state index contributed by atoms with van der Waals surface area (Å²) in [6.07, 6.45) is 6.97. The molecule has 0 spiro atoms. The molecule has 0 heterocycles. The monoisotopic (exact) mass is 126 g/mol. The first-order valence-electron chi connectivity index (χ1n) is 3.84. The van der Waals surface area contributed by atoms with E-state index in [1.54, 1.807) is 0 Å². The van der Waals surface area contributed by atoms with E-state index in [1.165, 1.54) is 32.1 Å². The third-order valence-electron chi connectivity index (χ3n) is 2.20. The molecule has 1 heteroatoms. The minimum Gasteiger partial charge on any atom is -0.459 e. The summed E-state index contributed by atoms with van der Waals surface area (Å²) in [5.74, 6) is 0. The van der Waals surface area contributed by atoms with Crippen molar-refractivity contribution in [1.82, 2.24) is 4.90 Å². The van der Waals surface area contributed by atoms with E-state index < -0.39 is 0 Å². The second-order valence-corrected chi connectivity index (χ2v) is 3.05. The van der Waals surface area contributed by atoms with Gasteiger partial charge in [-0.1, -0.05) is 19.3 Å². The highest BCUT2D eigenvalue weighted by Gasteiger charge is 2.10. The minimum absolute atomic E-state index is 0.777. The van der Waals surface area contributed by atoms with E-state index in [0.717, 1.165) is 6.04 Å². The van der Waals surface area contributed by atoms with Gasteiger partial charge in [0.15, 0.2) is 0 Å². The molecule has 0 unspecified atom stereocenters. The standard InChI is InChI=1S/C8H16N/c1-9(2)8-6-4-3-5-7-8/h8H,1,3-7H2,2H3/q-1. The van der Waals surface area contributed by atoms with Gasteiger partial charge in [0.25, 0.3) is 0 Å². The van der Waals surface area contributed by atoms with Crippen molar-refractivity contribution in [1.29, 1.82) is 0 Å². The molecule has 1 saturated carbocycles. The van der Waals surface area contributed by atoms with Crippen molar-refractivity contribution in [2.75, 3.05) is 7.05 Å². The van der Waals surface area contributed by atoms with Gasteiger partial charge in [-0.25, -0.2) is 0 Å². The molecular formula is C8H16N-. The summed E-state index contributed by atoms with van der Waals surface area (Å²) >= 11 is 0. The molecule has 1 rings (SSSR count). The fraction of sp³-hybridized carbons (Fsp3) is 0.875. The van der Waals surface area contributed by atoms with Gasteiger partial charge in [-0.05, 0) is 25.9 Å². The van der Waals surface area contributed by atoms with E-state index in [9.17, 15) is 0 Å². The van der Waals surface area contributed by atoms with Gasteiger partial charge in [-0.15, -0.1) is 0 Å². The van der Waals surface area contributed by atoms with Crippen LogP contribution >= 0.6 is 0 Å². The van der Waals surface area contributed by atoms with E-state index in [2.05, 4.69) is 19.0 Å². The Kier molecular flexibility index (Phi) is 2.52. The number of nitrogens with zero attached hydrogens (tertiary/aromatic N) is 1. The van der Waals surface area contributed by atoms with Crippen molar-refractivity contribution >= 4 is 0 Å². The molecule has 0 amide bonds. The molecule has 1 aliphatic carbocycles. The lowest BCUT2D eigenvalue weighted by molar-refractivity contribution is 0.250. The fourth-order valence-electron chi connectivity index (χ4n) is 1.52. The zero-order valence-electron chi connectivity index (χ0n) is 6.27. The Morgan fingerprint density at radius 2 is 1.78 bits per heavy atom. The molecule has 9 heavy (non-hydrogen) atoms. The minimum atomic E-state index is 0.777. The summed E-state index contributed by atoms with van der Waals surface area (Å²) in [6, 6.07) is 0.777. The predicted molar refractivity (Wildman–Crippen MR) is 40.0 cm³/mol. The largest absolute Gasteiger partial charge is 0.459 e. The zero-order valence-corrected chi connectivity index (χ0v) is 6.27. The van der Waals surface area contributed by atoms with E-state index in [0.29, 0.717) is 0 Å². The maximum atomic E-state index is 3.90. The van der Waals surface area contributed by atoms with E-state index >= 15 is 0 Å². The highest BCUT2D eigenvalue weighted by atomic mass is 15.1. The Morgan fingerprint density at radius 1 is 1.22 bits per heavy atom. The molecule has 0 bridgehead atoms. The first-order valence-corrected chi connectivity index (χ1v) is 3.84. The summed E-state index contributed by atoms with van der Waals surface area (Å²) in [5, 5.41) is 0. The van der Waals surface area contributed by atoms with E-state index in [-0.39, 0.29) is 0 Å². The Labute approximate surface area is 58.0 Å². The molecule has 1 aliphatic rings. The fourth-order valence-corrected chi connectivity index (χ4v) is 1.52. The summed E-state index contributed by atoms with van der Waals surface area (Å²) in [5.41, 5.74) is 0. The molecule has 0 aromatic heterocycles. The van der Waals surface area contributed by atoms with Crippen molar-refractivity contribution in [2.24, 2.45) is 0 Å². The predicted octanol–water partition coefficient (Wildman–Crippen LogP) is 2.04. The van der Waals surface area contributed by atoms with Crippen LogP contribution in [-0.4, -0.2) is 18.0 Å². The van der Waals surface area contributed by atoms with Gasteiger partial charge in [0.05, 0.1) is 0 Å². The molecule has 1 nitrogen and oxygen atoms in total.